The molecule has 2 aromatic carbocycles. The molecule has 1 saturated heterocycles. The van der Waals surface area contributed by atoms with Crippen molar-refractivity contribution in [2.75, 3.05) is 11.9 Å². The van der Waals surface area contributed by atoms with Crippen LogP contribution in [0.15, 0.2) is 47.4 Å². The molecule has 1 aliphatic heterocycles. The Morgan fingerprint density at radius 1 is 1.04 bits per heavy atom. The van der Waals surface area contributed by atoms with Crippen molar-refractivity contribution in [3.05, 3.63) is 69.6 Å². The van der Waals surface area contributed by atoms with Crippen molar-refractivity contribution in [2.45, 2.75) is 27.2 Å². The van der Waals surface area contributed by atoms with Gasteiger partial charge in [0.1, 0.15) is 0 Å². The first-order chi connectivity index (χ1) is 13.3. The average molecular weight is 394 g/mol. The van der Waals surface area contributed by atoms with E-state index in [1.807, 2.05) is 63.2 Å². The Morgan fingerprint density at radius 3 is 2.39 bits per heavy atom. The molecule has 0 radical (unpaired) electrons. The summed E-state index contributed by atoms with van der Waals surface area (Å²) in [6, 6.07) is 13.4. The number of hydrogen-bond donors (Lipinski definition) is 1. The van der Waals surface area contributed by atoms with Gasteiger partial charge in [-0.15, -0.1) is 0 Å². The van der Waals surface area contributed by atoms with Crippen LogP contribution >= 0.6 is 11.8 Å². The fourth-order valence-corrected chi connectivity index (χ4v) is 3.75. The van der Waals surface area contributed by atoms with Crippen LogP contribution in [0.4, 0.5) is 10.5 Å². The van der Waals surface area contributed by atoms with Gasteiger partial charge < -0.3 is 5.32 Å². The quantitative estimate of drug-likeness (QED) is 0.748. The Hall–Kier alpha value is -2.86. The van der Waals surface area contributed by atoms with Crippen LogP contribution in [0, 0.1) is 20.8 Å². The number of amides is 3. The van der Waals surface area contributed by atoms with E-state index in [1.54, 1.807) is 6.08 Å². The summed E-state index contributed by atoms with van der Waals surface area (Å²) in [5, 5.41) is 2.43. The third-order valence-electron chi connectivity index (χ3n) is 4.48. The molecular formula is C22H22N2O3S. The summed E-state index contributed by atoms with van der Waals surface area (Å²) in [6.45, 7) is 6.01. The lowest BCUT2D eigenvalue weighted by atomic mass is 10.1. The minimum atomic E-state index is -0.349. The van der Waals surface area contributed by atoms with E-state index in [0.29, 0.717) is 10.6 Å². The Kier molecular flexibility index (Phi) is 5.99. The normalized spacial score (nSPS) is 15.4. The summed E-state index contributed by atoms with van der Waals surface area (Å²) in [6.07, 6.45) is 1.80. The van der Waals surface area contributed by atoms with Crippen LogP contribution in [0.2, 0.25) is 0 Å². The molecule has 2 aromatic rings. The Labute approximate surface area is 168 Å². The van der Waals surface area contributed by atoms with Gasteiger partial charge in [-0.1, -0.05) is 41.5 Å². The topological polar surface area (TPSA) is 66.5 Å². The van der Waals surface area contributed by atoms with Gasteiger partial charge >= 0.3 is 0 Å². The van der Waals surface area contributed by atoms with E-state index < -0.39 is 0 Å². The number of anilines is 1. The maximum Gasteiger partial charge on any atom is 0.293 e. The molecule has 0 saturated carbocycles. The molecule has 0 aromatic heterocycles. The SMILES string of the molecule is Cc1ccc(NC(=O)CCN2C(=O)S/C(=C\c3ccc(C)cc3C)C2=O)cc1. The third-order valence-corrected chi connectivity index (χ3v) is 5.39. The van der Waals surface area contributed by atoms with Crippen molar-refractivity contribution in [1.82, 2.24) is 4.90 Å². The molecule has 5 nitrogen and oxygen atoms in total. The molecule has 144 valence electrons. The fraction of sp³-hybridized carbons (Fsp3) is 0.227. The van der Waals surface area contributed by atoms with E-state index in [2.05, 4.69) is 5.32 Å². The fourth-order valence-electron chi connectivity index (χ4n) is 2.90. The van der Waals surface area contributed by atoms with Gasteiger partial charge in [0, 0.05) is 18.7 Å². The number of hydrogen-bond acceptors (Lipinski definition) is 4. The molecule has 1 fully saturated rings. The average Bonchev–Trinajstić information content (AvgIpc) is 2.91. The number of rotatable bonds is 5. The smallest absolute Gasteiger partial charge is 0.293 e. The maximum absolute atomic E-state index is 12.6. The molecule has 0 aliphatic carbocycles. The molecule has 1 N–H and O–H groups in total. The molecule has 6 heteroatoms. The molecule has 1 heterocycles. The summed E-state index contributed by atoms with van der Waals surface area (Å²) < 4.78 is 0. The molecule has 3 amide bonds. The second-order valence-electron chi connectivity index (χ2n) is 6.86. The van der Waals surface area contributed by atoms with Gasteiger partial charge in [-0.2, -0.15) is 0 Å². The number of carbonyl (C=O) groups is 3. The van der Waals surface area contributed by atoms with Crippen molar-refractivity contribution < 1.29 is 14.4 Å². The number of nitrogens with zero attached hydrogens (tertiary/aromatic N) is 1. The lowest BCUT2D eigenvalue weighted by Gasteiger charge is -2.12. The second-order valence-corrected chi connectivity index (χ2v) is 7.85. The zero-order valence-corrected chi connectivity index (χ0v) is 16.9. The van der Waals surface area contributed by atoms with Gasteiger partial charge in [0.15, 0.2) is 0 Å². The van der Waals surface area contributed by atoms with Gasteiger partial charge in [0.25, 0.3) is 11.1 Å². The summed E-state index contributed by atoms with van der Waals surface area (Å²) in [7, 11) is 0. The number of benzene rings is 2. The van der Waals surface area contributed by atoms with E-state index in [4.69, 9.17) is 0 Å². The monoisotopic (exact) mass is 394 g/mol. The van der Waals surface area contributed by atoms with E-state index in [-0.39, 0.29) is 30.0 Å². The first-order valence-electron chi connectivity index (χ1n) is 9.02. The number of carbonyl (C=O) groups excluding carboxylic acids is 3. The second kappa shape index (κ2) is 8.44. The van der Waals surface area contributed by atoms with Crippen molar-refractivity contribution in [3.8, 4) is 0 Å². The van der Waals surface area contributed by atoms with E-state index in [1.165, 1.54) is 0 Å². The van der Waals surface area contributed by atoms with Gasteiger partial charge in [-0.25, -0.2) is 0 Å². The van der Waals surface area contributed by atoms with Crippen LogP contribution in [0.5, 0.6) is 0 Å². The maximum atomic E-state index is 12.6. The summed E-state index contributed by atoms with van der Waals surface area (Å²) >= 11 is 0.914. The van der Waals surface area contributed by atoms with Crippen LogP contribution in [0.1, 0.15) is 28.7 Å². The largest absolute Gasteiger partial charge is 0.326 e. The molecular weight excluding hydrogens is 372 g/mol. The molecule has 0 unspecified atom stereocenters. The van der Waals surface area contributed by atoms with Crippen molar-refractivity contribution in [3.63, 3.8) is 0 Å². The summed E-state index contributed by atoms with van der Waals surface area (Å²) in [5.41, 5.74) is 4.89. The highest BCUT2D eigenvalue weighted by Crippen LogP contribution is 2.32. The highest BCUT2D eigenvalue weighted by molar-refractivity contribution is 8.18. The number of aryl methyl sites for hydroxylation is 3. The number of imide groups is 1. The lowest BCUT2D eigenvalue weighted by molar-refractivity contribution is -0.123. The minimum Gasteiger partial charge on any atom is -0.326 e. The molecule has 3 rings (SSSR count). The van der Waals surface area contributed by atoms with E-state index >= 15 is 0 Å². The third kappa shape index (κ3) is 4.70. The Morgan fingerprint density at radius 2 is 1.71 bits per heavy atom. The predicted octanol–water partition coefficient (Wildman–Crippen LogP) is 4.68. The molecule has 1 aliphatic rings. The number of thioether (sulfide) groups is 1. The molecule has 28 heavy (non-hydrogen) atoms. The minimum absolute atomic E-state index is 0.0583. The number of nitrogens with one attached hydrogen (secondary N) is 1. The highest BCUT2D eigenvalue weighted by atomic mass is 32.2. The predicted molar refractivity (Wildman–Crippen MR) is 113 cm³/mol. The first-order valence-corrected chi connectivity index (χ1v) is 9.84. The molecule has 0 bridgehead atoms. The zero-order chi connectivity index (χ0) is 20.3. The van der Waals surface area contributed by atoms with Gasteiger partial charge in [-0.3, -0.25) is 19.3 Å². The van der Waals surface area contributed by atoms with Crippen LogP contribution < -0.4 is 5.32 Å². The summed E-state index contributed by atoms with van der Waals surface area (Å²) in [4.78, 5) is 38.5. The van der Waals surface area contributed by atoms with E-state index in [9.17, 15) is 14.4 Å². The first kappa shape index (κ1) is 19.9. The van der Waals surface area contributed by atoms with Gasteiger partial charge in [0.2, 0.25) is 5.91 Å². The van der Waals surface area contributed by atoms with Crippen LogP contribution in [0.3, 0.4) is 0 Å². The van der Waals surface area contributed by atoms with Crippen LogP contribution in [0.25, 0.3) is 6.08 Å². The standard InChI is InChI=1S/C22H22N2O3S/c1-14-5-8-18(9-6-14)23-20(25)10-11-24-21(26)19(28-22(24)27)13-17-7-4-15(2)12-16(17)3/h4-9,12-13H,10-11H2,1-3H3,(H,23,25)/b19-13-. The van der Waals surface area contributed by atoms with Crippen LogP contribution in [-0.2, 0) is 9.59 Å². The molecule has 0 atom stereocenters. The lowest BCUT2D eigenvalue weighted by Crippen LogP contribution is -2.31. The van der Waals surface area contributed by atoms with Crippen molar-refractivity contribution in [2.24, 2.45) is 0 Å². The van der Waals surface area contributed by atoms with E-state index in [0.717, 1.165) is 38.9 Å². The Bertz CT molecular complexity index is 964. The van der Waals surface area contributed by atoms with Gasteiger partial charge in [-0.05, 0) is 61.9 Å². The highest BCUT2D eigenvalue weighted by Gasteiger charge is 2.35. The van der Waals surface area contributed by atoms with Gasteiger partial charge in [0.05, 0.1) is 4.91 Å². The Balaban J connectivity index is 1.62. The zero-order valence-electron chi connectivity index (χ0n) is 16.1. The van der Waals surface area contributed by atoms with Crippen LogP contribution in [-0.4, -0.2) is 28.5 Å². The summed E-state index contributed by atoms with van der Waals surface area (Å²) in [5.74, 6) is -0.584. The van der Waals surface area contributed by atoms with Crippen molar-refractivity contribution in [1.29, 1.82) is 0 Å². The van der Waals surface area contributed by atoms with Crippen molar-refractivity contribution >= 4 is 40.6 Å². The molecule has 0 spiro atoms.